The molecular weight excluding hydrogens is 380 g/mol. The average molecular weight is 415 g/mol. The Labute approximate surface area is 178 Å². The van der Waals surface area contributed by atoms with Gasteiger partial charge in [-0.15, -0.1) is 0 Å². The van der Waals surface area contributed by atoms with Gasteiger partial charge in [0.1, 0.15) is 6.54 Å². The summed E-state index contributed by atoms with van der Waals surface area (Å²) in [5.74, 6) is -0.495. The molecule has 2 saturated carbocycles. The molecule has 0 aromatic heterocycles. The molecule has 1 aromatic rings. The number of carbonyl (C=O) groups is 2. The van der Waals surface area contributed by atoms with Gasteiger partial charge in [-0.2, -0.15) is 0 Å². The second-order valence-electron chi connectivity index (χ2n) is 9.79. The fourth-order valence-corrected chi connectivity index (χ4v) is 5.77. The molecule has 4 rings (SSSR count). The number of carbonyl (C=O) groups excluding carboxylic acids is 2. The van der Waals surface area contributed by atoms with Crippen molar-refractivity contribution in [1.82, 2.24) is 14.7 Å². The first-order valence-electron chi connectivity index (χ1n) is 11.0. The van der Waals surface area contributed by atoms with Gasteiger partial charge < -0.3 is 20.6 Å². The van der Waals surface area contributed by atoms with Crippen LogP contribution in [0.25, 0.3) is 0 Å². The molecule has 3 amide bonds. The molecule has 7 heteroatoms. The van der Waals surface area contributed by atoms with Crippen LogP contribution in [0.4, 0.5) is 4.79 Å². The van der Waals surface area contributed by atoms with Gasteiger partial charge in [-0.1, -0.05) is 30.3 Å². The molecule has 7 nitrogen and oxygen atoms in total. The third-order valence-corrected chi connectivity index (χ3v) is 7.82. The SMILES string of the molecule is CN(C)C1(c2ccccc2)CCC2(CC1)CN(CC(N)=O)C(=O)N2CC1(O)CCC1. The Morgan fingerprint density at radius 1 is 1.10 bits per heavy atom. The Hall–Kier alpha value is -2.12. The molecule has 1 saturated heterocycles. The molecule has 0 radical (unpaired) electrons. The lowest BCUT2D eigenvalue weighted by Crippen LogP contribution is -2.59. The van der Waals surface area contributed by atoms with E-state index in [1.165, 1.54) is 5.56 Å². The number of β-amino-alcohol motifs (C(OH)–C–C–N with tert-alkyl or cyclic N) is 1. The first kappa shape index (κ1) is 21.1. The van der Waals surface area contributed by atoms with Crippen LogP contribution in [-0.2, 0) is 10.3 Å². The van der Waals surface area contributed by atoms with Crippen LogP contribution in [0, 0.1) is 0 Å². The van der Waals surface area contributed by atoms with Crippen molar-refractivity contribution in [2.75, 3.05) is 33.7 Å². The number of urea groups is 1. The molecule has 0 atom stereocenters. The zero-order chi connectivity index (χ0) is 21.6. The zero-order valence-corrected chi connectivity index (χ0v) is 18.1. The van der Waals surface area contributed by atoms with Gasteiger partial charge in [0.05, 0.1) is 17.7 Å². The van der Waals surface area contributed by atoms with E-state index in [0.29, 0.717) is 13.1 Å². The molecule has 2 aliphatic carbocycles. The third-order valence-electron chi connectivity index (χ3n) is 7.82. The van der Waals surface area contributed by atoms with Crippen molar-refractivity contribution in [2.45, 2.75) is 61.6 Å². The summed E-state index contributed by atoms with van der Waals surface area (Å²) < 4.78 is 0. The maximum absolute atomic E-state index is 13.2. The lowest BCUT2D eigenvalue weighted by atomic mass is 9.67. The normalized spacial score (nSPS) is 30.7. The minimum Gasteiger partial charge on any atom is -0.388 e. The van der Waals surface area contributed by atoms with Gasteiger partial charge in [0.25, 0.3) is 0 Å². The first-order chi connectivity index (χ1) is 14.2. The van der Waals surface area contributed by atoms with Crippen molar-refractivity contribution in [3.05, 3.63) is 35.9 Å². The zero-order valence-electron chi connectivity index (χ0n) is 18.1. The van der Waals surface area contributed by atoms with Crippen molar-refractivity contribution in [1.29, 1.82) is 0 Å². The summed E-state index contributed by atoms with van der Waals surface area (Å²) in [6, 6.07) is 10.4. The molecule has 3 fully saturated rings. The van der Waals surface area contributed by atoms with Gasteiger partial charge >= 0.3 is 6.03 Å². The van der Waals surface area contributed by atoms with Gasteiger partial charge in [0.15, 0.2) is 0 Å². The standard InChI is InChI=1S/C23H34N4O3/c1-25(2)23(18-7-4-3-5-8-18)13-11-21(12-14-23)16-26(15-19(24)28)20(29)27(21)17-22(30)9-6-10-22/h3-5,7-8,30H,6,9-17H2,1-2H3,(H2,24,28). The lowest BCUT2D eigenvalue weighted by Gasteiger charge is -2.52. The van der Waals surface area contributed by atoms with Crippen molar-refractivity contribution >= 4 is 11.9 Å². The molecular formula is C23H34N4O3. The van der Waals surface area contributed by atoms with Crippen LogP contribution < -0.4 is 5.73 Å². The summed E-state index contributed by atoms with van der Waals surface area (Å²) >= 11 is 0. The van der Waals surface area contributed by atoms with Crippen LogP contribution in [0.15, 0.2) is 30.3 Å². The second-order valence-corrected chi connectivity index (χ2v) is 9.79. The third kappa shape index (κ3) is 3.48. The summed E-state index contributed by atoms with van der Waals surface area (Å²) in [4.78, 5) is 30.5. The number of rotatable bonds is 6. The Morgan fingerprint density at radius 3 is 2.23 bits per heavy atom. The molecule has 0 bridgehead atoms. The largest absolute Gasteiger partial charge is 0.388 e. The van der Waals surface area contributed by atoms with E-state index < -0.39 is 11.5 Å². The van der Waals surface area contributed by atoms with Crippen LogP contribution in [-0.4, -0.2) is 76.6 Å². The van der Waals surface area contributed by atoms with Crippen molar-refractivity contribution in [3.8, 4) is 0 Å². The number of primary amides is 1. The van der Waals surface area contributed by atoms with Gasteiger partial charge in [-0.25, -0.2) is 4.79 Å². The van der Waals surface area contributed by atoms with E-state index in [-0.39, 0.29) is 23.7 Å². The Bertz CT molecular complexity index is 798. The number of hydrogen-bond acceptors (Lipinski definition) is 4. The van der Waals surface area contributed by atoms with E-state index in [4.69, 9.17) is 5.73 Å². The lowest BCUT2D eigenvalue weighted by molar-refractivity contribution is -0.118. The van der Waals surface area contributed by atoms with Gasteiger partial charge in [0.2, 0.25) is 5.91 Å². The number of nitrogens with zero attached hydrogens (tertiary/aromatic N) is 3. The number of nitrogens with two attached hydrogens (primary N) is 1. The smallest absolute Gasteiger partial charge is 0.321 e. The van der Waals surface area contributed by atoms with Crippen molar-refractivity contribution < 1.29 is 14.7 Å². The number of hydrogen-bond donors (Lipinski definition) is 2. The van der Waals surface area contributed by atoms with Crippen LogP contribution in [0.2, 0.25) is 0 Å². The minimum atomic E-state index is -0.791. The molecule has 1 aliphatic heterocycles. The highest BCUT2D eigenvalue weighted by atomic mass is 16.3. The summed E-state index contributed by atoms with van der Waals surface area (Å²) in [6.07, 6.45) is 5.94. The molecule has 30 heavy (non-hydrogen) atoms. The van der Waals surface area contributed by atoms with Crippen molar-refractivity contribution in [2.24, 2.45) is 5.73 Å². The van der Waals surface area contributed by atoms with Gasteiger partial charge in [-0.3, -0.25) is 9.69 Å². The summed E-state index contributed by atoms with van der Waals surface area (Å²) in [5.41, 5.74) is 5.49. The fourth-order valence-electron chi connectivity index (χ4n) is 5.77. The van der Waals surface area contributed by atoms with E-state index in [9.17, 15) is 14.7 Å². The topological polar surface area (TPSA) is 90.1 Å². The first-order valence-corrected chi connectivity index (χ1v) is 11.0. The number of benzene rings is 1. The molecule has 3 aliphatic rings. The predicted octanol–water partition coefficient (Wildman–Crippen LogP) is 1.89. The van der Waals surface area contributed by atoms with E-state index in [1.54, 1.807) is 4.90 Å². The highest BCUT2D eigenvalue weighted by Gasteiger charge is 2.56. The Morgan fingerprint density at radius 2 is 1.73 bits per heavy atom. The van der Waals surface area contributed by atoms with Gasteiger partial charge in [-0.05, 0) is 64.6 Å². The van der Waals surface area contributed by atoms with Crippen molar-refractivity contribution in [3.63, 3.8) is 0 Å². The van der Waals surface area contributed by atoms with Crippen LogP contribution in [0.1, 0.15) is 50.5 Å². The summed E-state index contributed by atoms with van der Waals surface area (Å²) in [6.45, 7) is 0.789. The summed E-state index contributed by atoms with van der Waals surface area (Å²) in [5, 5.41) is 10.8. The minimum absolute atomic E-state index is 0.0625. The van der Waals surface area contributed by atoms with Crippen LogP contribution >= 0.6 is 0 Å². The molecule has 3 N–H and O–H groups in total. The van der Waals surface area contributed by atoms with Crippen LogP contribution in [0.3, 0.4) is 0 Å². The summed E-state index contributed by atoms with van der Waals surface area (Å²) in [7, 11) is 4.25. The van der Waals surface area contributed by atoms with E-state index >= 15 is 0 Å². The van der Waals surface area contributed by atoms with E-state index in [2.05, 4.69) is 43.3 Å². The Kier molecular flexibility index (Phi) is 5.31. The van der Waals surface area contributed by atoms with E-state index in [0.717, 1.165) is 44.9 Å². The second kappa shape index (κ2) is 7.54. The number of amides is 3. The quantitative estimate of drug-likeness (QED) is 0.744. The highest BCUT2D eigenvalue weighted by molar-refractivity contribution is 5.85. The van der Waals surface area contributed by atoms with Crippen LogP contribution in [0.5, 0.6) is 0 Å². The Balaban J connectivity index is 1.61. The molecule has 164 valence electrons. The molecule has 1 aromatic carbocycles. The molecule has 1 heterocycles. The highest BCUT2D eigenvalue weighted by Crippen LogP contribution is 2.49. The van der Waals surface area contributed by atoms with Gasteiger partial charge in [0, 0.05) is 12.1 Å². The fraction of sp³-hybridized carbons (Fsp3) is 0.652. The maximum Gasteiger partial charge on any atom is 0.321 e. The number of aliphatic hydroxyl groups is 1. The molecule has 1 spiro atoms. The molecule has 0 unspecified atom stereocenters. The maximum atomic E-state index is 13.2. The van der Waals surface area contributed by atoms with E-state index in [1.807, 2.05) is 11.0 Å². The monoisotopic (exact) mass is 414 g/mol. The predicted molar refractivity (Wildman–Crippen MR) is 115 cm³/mol. The average Bonchev–Trinajstić information content (AvgIpc) is 2.93.